The van der Waals surface area contributed by atoms with Crippen LogP contribution in [-0.4, -0.2) is 38.2 Å². The van der Waals surface area contributed by atoms with Crippen LogP contribution in [0.2, 0.25) is 0 Å². The lowest BCUT2D eigenvalue weighted by Crippen LogP contribution is -2.06. The third-order valence-electron chi connectivity index (χ3n) is 2.87. The first-order valence-corrected chi connectivity index (χ1v) is 7.60. The molecule has 0 spiro atoms. The van der Waals surface area contributed by atoms with E-state index in [0.29, 0.717) is 5.92 Å². The predicted octanol–water partition coefficient (Wildman–Crippen LogP) is 1.94. The highest BCUT2D eigenvalue weighted by atomic mass is 32.2. The molecular formula is C12H19N3O2S. The fourth-order valence-electron chi connectivity index (χ4n) is 2.09. The minimum absolute atomic E-state index is 0.130. The number of aryl methyl sites for hydroxylation is 1. The molecule has 0 saturated carbocycles. The number of carboxylic acid groups (broad SMARTS) is 1. The van der Waals surface area contributed by atoms with Crippen molar-refractivity contribution in [2.45, 2.75) is 25.3 Å². The molecule has 6 heteroatoms. The zero-order chi connectivity index (χ0) is 13.3. The van der Waals surface area contributed by atoms with Crippen LogP contribution in [0.25, 0.3) is 0 Å². The molecule has 2 heterocycles. The number of hydrogen-bond acceptors (Lipinski definition) is 3. The summed E-state index contributed by atoms with van der Waals surface area (Å²) in [6, 6.07) is 1.70. The standard InChI is InChI=1S/C12H19N3O2S/c1-8(2)6-10-13-4-5-18(10)11-7-9(12(16)17)14-15(11)3/h7-8,18H,4-6H2,1-3H3,(H,16,17). The van der Waals surface area contributed by atoms with E-state index in [9.17, 15) is 4.79 Å². The zero-order valence-electron chi connectivity index (χ0n) is 10.9. The lowest BCUT2D eigenvalue weighted by Gasteiger charge is -2.18. The molecule has 1 aromatic rings. The van der Waals surface area contributed by atoms with Gasteiger partial charge in [0.15, 0.2) is 5.69 Å². The molecule has 1 aliphatic heterocycles. The van der Waals surface area contributed by atoms with Gasteiger partial charge in [-0.2, -0.15) is 16.0 Å². The van der Waals surface area contributed by atoms with Crippen molar-refractivity contribution in [3.8, 4) is 0 Å². The van der Waals surface area contributed by atoms with Crippen molar-refractivity contribution in [3.05, 3.63) is 11.8 Å². The number of aromatic carboxylic acids is 1. The van der Waals surface area contributed by atoms with E-state index in [4.69, 9.17) is 5.11 Å². The molecule has 0 amide bonds. The molecule has 5 nitrogen and oxygen atoms in total. The van der Waals surface area contributed by atoms with Crippen molar-refractivity contribution in [1.82, 2.24) is 9.78 Å². The summed E-state index contributed by atoms with van der Waals surface area (Å²) in [7, 11) is 1.34. The van der Waals surface area contributed by atoms with Crippen LogP contribution >= 0.6 is 10.9 Å². The largest absolute Gasteiger partial charge is 0.476 e. The Morgan fingerprint density at radius 1 is 1.61 bits per heavy atom. The van der Waals surface area contributed by atoms with E-state index in [-0.39, 0.29) is 5.69 Å². The number of carbonyl (C=O) groups is 1. The number of nitrogens with zero attached hydrogens (tertiary/aromatic N) is 3. The van der Waals surface area contributed by atoms with Crippen LogP contribution in [0, 0.1) is 5.92 Å². The van der Waals surface area contributed by atoms with Gasteiger partial charge in [0.1, 0.15) is 0 Å². The van der Waals surface area contributed by atoms with Gasteiger partial charge in [-0.25, -0.2) is 4.79 Å². The van der Waals surface area contributed by atoms with Crippen molar-refractivity contribution in [3.63, 3.8) is 0 Å². The maximum Gasteiger partial charge on any atom is 0.356 e. The van der Waals surface area contributed by atoms with Crippen LogP contribution in [0.3, 0.4) is 0 Å². The van der Waals surface area contributed by atoms with E-state index in [1.807, 2.05) is 7.05 Å². The molecule has 1 atom stereocenters. The van der Waals surface area contributed by atoms with Crippen LogP contribution in [0.1, 0.15) is 30.8 Å². The third-order valence-corrected chi connectivity index (χ3v) is 5.44. The van der Waals surface area contributed by atoms with Gasteiger partial charge in [-0.05, 0) is 12.3 Å². The summed E-state index contributed by atoms with van der Waals surface area (Å²) >= 11 is 0. The topological polar surface area (TPSA) is 67.5 Å². The highest BCUT2D eigenvalue weighted by Gasteiger charge is 2.24. The third kappa shape index (κ3) is 2.58. The molecule has 1 aromatic heterocycles. The number of thiol groups is 1. The monoisotopic (exact) mass is 269 g/mol. The minimum Gasteiger partial charge on any atom is -0.476 e. The van der Waals surface area contributed by atoms with E-state index in [0.717, 1.165) is 23.7 Å². The summed E-state index contributed by atoms with van der Waals surface area (Å²) in [5.74, 6) is 0.642. The fourth-order valence-corrected chi connectivity index (χ4v) is 4.67. The number of hydrogen-bond donors (Lipinski definition) is 2. The summed E-state index contributed by atoms with van der Waals surface area (Å²) in [6.45, 7) is 5.22. The Morgan fingerprint density at radius 2 is 2.33 bits per heavy atom. The Hall–Kier alpha value is -1.30. The number of rotatable bonds is 4. The van der Waals surface area contributed by atoms with Gasteiger partial charge in [0.05, 0.1) is 10.1 Å². The summed E-state index contributed by atoms with van der Waals surface area (Å²) < 4.78 is 1.70. The first-order valence-electron chi connectivity index (χ1n) is 6.07. The second-order valence-corrected chi connectivity index (χ2v) is 7.14. The van der Waals surface area contributed by atoms with Crippen molar-refractivity contribution in [2.75, 3.05) is 12.3 Å². The highest BCUT2D eigenvalue weighted by Crippen LogP contribution is 2.42. The van der Waals surface area contributed by atoms with Crippen molar-refractivity contribution >= 4 is 21.9 Å². The molecule has 0 radical (unpaired) electrons. The van der Waals surface area contributed by atoms with Gasteiger partial charge >= 0.3 is 5.97 Å². The molecular weight excluding hydrogens is 250 g/mol. The van der Waals surface area contributed by atoms with Gasteiger partial charge in [-0.3, -0.25) is 9.67 Å². The van der Waals surface area contributed by atoms with Crippen LogP contribution in [0.4, 0.5) is 0 Å². The highest BCUT2D eigenvalue weighted by molar-refractivity contribution is 8.30. The first kappa shape index (κ1) is 13.1. The van der Waals surface area contributed by atoms with E-state index in [2.05, 4.69) is 23.9 Å². The number of aromatic nitrogens is 2. The van der Waals surface area contributed by atoms with E-state index >= 15 is 0 Å². The minimum atomic E-state index is -0.964. The van der Waals surface area contributed by atoms with Gasteiger partial charge in [0, 0.05) is 25.4 Å². The second kappa shape index (κ2) is 5.14. The smallest absolute Gasteiger partial charge is 0.356 e. The first-order chi connectivity index (χ1) is 8.49. The van der Waals surface area contributed by atoms with E-state index in [1.54, 1.807) is 10.7 Å². The maximum atomic E-state index is 10.9. The molecule has 1 unspecified atom stereocenters. The summed E-state index contributed by atoms with van der Waals surface area (Å²) in [6.07, 6.45) is 0.999. The SMILES string of the molecule is CC(C)CC1=NCC[SH]1c1cc(C(=O)O)nn1C. The molecule has 0 bridgehead atoms. The Kier molecular flexibility index (Phi) is 3.75. The molecule has 0 fully saturated rings. The average molecular weight is 269 g/mol. The summed E-state index contributed by atoms with van der Waals surface area (Å²) in [5.41, 5.74) is 0.130. The molecule has 18 heavy (non-hydrogen) atoms. The van der Waals surface area contributed by atoms with Crippen LogP contribution in [-0.2, 0) is 7.05 Å². The molecule has 1 aliphatic rings. The predicted molar refractivity (Wildman–Crippen MR) is 74.0 cm³/mol. The van der Waals surface area contributed by atoms with Gasteiger partial charge in [0.25, 0.3) is 0 Å². The molecule has 0 aliphatic carbocycles. The maximum absolute atomic E-state index is 10.9. The lowest BCUT2D eigenvalue weighted by atomic mass is 10.1. The van der Waals surface area contributed by atoms with Gasteiger partial charge in [-0.15, -0.1) is 0 Å². The van der Waals surface area contributed by atoms with E-state index in [1.165, 1.54) is 5.04 Å². The average Bonchev–Trinajstić information content (AvgIpc) is 2.83. The van der Waals surface area contributed by atoms with Crippen LogP contribution in [0.5, 0.6) is 0 Å². The van der Waals surface area contributed by atoms with Crippen molar-refractivity contribution < 1.29 is 9.90 Å². The Bertz CT molecular complexity index is 494. The van der Waals surface area contributed by atoms with Gasteiger partial charge < -0.3 is 5.11 Å². The lowest BCUT2D eigenvalue weighted by molar-refractivity contribution is 0.0689. The molecule has 0 saturated heterocycles. The molecule has 100 valence electrons. The Morgan fingerprint density at radius 3 is 2.89 bits per heavy atom. The van der Waals surface area contributed by atoms with Crippen LogP contribution < -0.4 is 0 Å². The molecule has 1 N–H and O–H groups in total. The summed E-state index contributed by atoms with van der Waals surface area (Å²) in [4.78, 5) is 15.5. The van der Waals surface area contributed by atoms with E-state index < -0.39 is 16.9 Å². The van der Waals surface area contributed by atoms with Crippen LogP contribution in [0.15, 0.2) is 16.1 Å². The number of aliphatic imine (C=N–C) groups is 1. The zero-order valence-corrected chi connectivity index (χ0v) is 11.8. The molecule has 2 rings (SSSR count). The fraction of sp³-hybridized carbons (Fsp3) is 0.583. The Labute approximate surface area is 109 Å². The normalized spacial score (nSPS) is 21.3. The second-order valence-electron chi connectivity index (χ2n) is 4.86. The number of carboxylic acids is 1. The molecule has 0 aromatic carbocycles. The summed E-state index contributed by atoms with van der Waals surface area (Å²) in [5, 5.41) is 15.3. The Balaban J connectivity index is 2.26. The van der Waals surface area contributed by atoms with Gasteiger partial charge in [0.2, 0.25) is 0 Å². The van der Waals surface area contributed by atoms with Crippen molar-refractivity contribution in [1.29, 1.82) is 0 Å². The van der Waals surface area contributed by atoms with Crippen molar-refractivity contribution in [2.24, 2.45) is 18.0 Å². The quantitative estimate of drug-likeness (QED) is 0.821. The van der Waals surface area contributed by atoms with Gasteiger partial charge in [-0.1, -0.05) is 13.8 Å².